The van der Waals surface area contributed by atoms with Gasteiger partial charge in [0.25, 0.3) is 0 Å². The van der Waals surface area contributed by atoms with E-state index >= 15 is 0 Å². The molecule has 1 aliphatic rings. The molecule has 3 rings (SSSR count). The minimum Gasteiger partial charge on any atom is -0.368 e. The summed E-state index contributed by atoms with van der Waals surface area (Å²) in [7, 11) is -3.73. The van der Waals surface area contributed by atoms with E-state index in [0.717, 1.165) is 31.7 Å². The molecule has 2 aromatic rings. The molecule has 0 bridgehead atoms. The summed E-state index contributed by atoms with van der Waals surface area (Å²) in [6.45, 7) is 5.02. The lowest BCUT2D eigenvalue weighted by Gasteiger charge is -2.30. The molecule has 1 saturated heterocycles. The summed E-state index contributed by atoms with van der Waals surface area (Å²) in [5, 5.41) is 3.25. The number of nitrogens with one attached hydrogen (secondary N) is 1. The number of aryl methyl sites for hydroxylation is 1. The molecule has 0 saturated carbocycles. The molecular formula is C18H20N2O3S. The Morgan fingerprint density at radius 1 is 1.04 bits per heavy atom. The lowest BCUT2D eigenvalue weighted by Crippen LogP contribution is -2.44. The highest BCUT2D eigenvalue weighted by Crippen LogP contribution is 2.30. The van der Waals surface area contributed by atoms with Crippen molar-refractivity contribution in [2.45, 2.75) is 16.7 Å². The predicted molar refractivity (Wildman–Crippen MR) is 93.5 cm³/mol. The van der Waals surface area contributed by atoms with Gasteiger partial charge in [-0.2, -0.15) is 0 Å². The van der Waals surface area contributed by atoms with Crippen molar-refractivity contribution in [3.05, 3.63) is 53.6 Å². The molecule has 5 nitrogen and oxygen atoms in total. The van der Waals surface area contributed by atoms with Crippen LogP contribution in [0.2, 0.25) is 0 Å². The summed E-state index contributed by atoms with van der Waals surface area (Å²) >= 11 is 0. The van der Waals surface area contributed by atoms with Crippen molar-refractivity contribution in [2.75, 3.05) is 31.1 Å². The standard InChI is InChI=1S/C18H20N2O3S/c1-14-5-7-15(8-6-14)24(22,23)18-4-2-3-17(16(18)13-21)20-11-9-19-10-12-20/h2-8,13,19H,9-12H2,1H3. The number of aldehydes is 1. The number of hydrogen-bond acceptors (Lipinski definition) is 5. The number of carbonyl (C=O) groups excluding carboxylic acids is 1. The maximum Gasteiger partial charge on any atom is 0.207 e. The van der Waals surface area contributed by atoms with E-state index < -0.39 is 9.84 Å². The van der Waals surface area contributed by atoms with Gasteiger partial charge in [0.1, 0.15) is 0 Å². The number of carbonyl (C=O) groups is 1. The van der Waals surface area contributed by atoms with Crippen molar-refractivity contribution < 1.29 is 13.2 Å². The van der Waals surface area contributed by atoms with E-state index in [4.69, 9.17) is 0 Å². The van der Waals surface area contributed by atoms with Crippen molar-refractivity contribution in [2.24, 2.45) is 0 Å². The molecule has 0 aliphatic carbocycles. The average molecular weight is 344 g/mol. The Morgan fingerprint density at radius 2 is 1.71 bits per heavy atom. The molecule has 1 N–H and O–H groups in total. The molecule has 24 heavy (non-hydrogen) atoms. The molecule has 0 atom stereocenters. The van der Waals surface area contributed by atoms with Crippen LogP contribution in [0.1, 0.15) is 15.9 Å². The number of sulfone groups is 1. The van der Waals surface area contributed by atoms with E-state index in [1.807, 2.05) is 17.9 Å². The highest BCUT2D eigenvalue weighted by Gasteiger charge is 2.25. The number of hydrogen-bond donors (Lipinski definition) is 1. The Bertz CT molecular complexity index is 839. The lowest BCUT2D eigenvalue weighted by atomic mass is 10.1. The first-order valence-electron chi connectivity index (χ1n) is 7.89. The van der Waals surface area contributed by atoms with Gasteiger partial charge in [0.15, 0.2) is 6.29 Å². The summed E-state index contributed by atoms with van der Waals surface area (Å²) in [6, 6.07) is 11.7. The van der Waals surface area contributed by atoms with Crippen LogP contribution in [0.4, 0.5) is 5.69 Å². The summed E-state index contributed by atoms with van der Waals surface area (Å²) in [5.41, 5.74) is 1.90. The number of nitrogens with zero attached hydrogens (tertiary/aromatic N) is 1. The molecule has 1 fully saturated rings. The summed E-state index contributed by atoms with van der Waals surface area (Å²) < 4.78 is 25.9. The van der Waals surface area contributed by atoms with Gasteiger partial charge < -0.3 is 10.2 Å². The normalized spacial score (nSPS) is 15.3. The van der Waals surface area contributed by atoms with Gasteiger partial charge >= 0.3 is 0 Å². The van der Waals surface area contributed by atoms with Crippen molar-refractivity contribution >= 4 is 21.8 Å². The number of piperazine rings is 1. The van der Waals surface area contributed by atoms with E-state index in [1.165, 1.54) is 6.07 Å². The lowest BCUT2D eigenvalue weighted by molar-refractivity contribution is 0.112. The molecule has 1 heterocycles. The van der Waals surface area contributed by atoms with Crippen molar-refractivity contribution in [3.8, 4) is 0 Å². The van der Waals surface area contributed by atoms with Crippen LogP contribution in [0.25, 0.3) is 0 Å². The van der Waals surface area contributed by atoms with Gasteiger partial charge in [0.05, 0.1) is 15.4 Å². The Hall–Kier alpha value is -2.18. The van der Waals surface area contributed by atoms with E-state index in [9.17, 15) is 13.2 Å². The molecule has 0 unspecified atom stereocenters. The van der Waals surface area contributed by atoms with Gasteiger partial charge in [-0.05, 0) is 31.2 Å². The van der Waals surface area contributed by atoms with E-state index in [1.54, 1.807) is 30.3 Å². The first kappa shape index (κ1) is 16.7. The van der Waals surface area contributed by atoms with Gasteiger partial charge in [-0.1, -0.05) is 23.8 Å². The van der Waals surface area contributed by atoms with Crippen molar-refractivity contribution in [1.82, 2.24) is 5.32 Å². The van der Waals surface area contributed by atoms with Crippen LogP contribution in [0.3, 0.4) is 0 Å². The largest absolute Gasteiger partial charge is 0.368 e. The topological polar surface area (TPSA) is 66.5 Å². The quantitative estimate of drug-likeness (QED) is 0.860. The Balaban J connectivity index is 2.10. The fraction of sp³-hybridized carbons (Fsp3) is 0.278. The summed E-state index contributed by atoms with van der Waals surface area (Å²) in [5.74, 6) is 0. The van der Waals surface area contributed by atoms with Crippen LogP contribution < -0.4 is 10.2 Å². The maximum atomic E-state index is 13.0. The molecule has 0 radical (unpaired) electrons. The van der Waals surface area contributed by atoms with Crippen molar-refractivity contribution in [3.63, 3.8) is 0 Å². The van der Waals surface area contributed by atoms with Crippen LogP contribution in [-0.2, 0) is 9.84 Å². The second kappa shape index (κ2) is 6.75. The van der Waals surface area contributed by atoms with Crippen LogP contribution >= 0.6 is 0 Å². The average Bonchev–Trinajstić information content (AvgIpc) is 2.62. The van der Waals surface area contributed by atoms with E-state index in [-0.39, 0.29) is 15.4 Å². The molecule has 0 amide bonds. The highest BCUT2D eigenvalue weighted by atomic mass is 32.2. The molecule has 2 aromatic carbocycles. The third-order valence-corrected chi connectivity index (χ3v) is 6.07. The minimum absolute atomic E-state index is 0.0670. The van der Waals surface area contributed by atoms with Gasteiger partial charge in [-0.15, -0.1) is 0 Å². The first-order chi connectivity index (χ1) is 11.5. The number of rotatable bonds is 4. The number of benzene rings is 2. The van der Waals surface area contributed by atoms with E-state index in [2.05, 4.69) is 5.32 Å². The van der Waals surface area contributed by atoms with Gasteiger partial charge in [-0.3, -0.25) is 4.79 Å². The molecule has 1 aliphatic heterocycles. The maximum absolute atomic E-state index is 13.0. The molecular weight excluding hydrogens is 324 g/mol. The third kappa shape index (κ3) is 3.07. The summed E-state index contributed by atoms with van der Waals surface area (Å²) in [4.78, 5) is 14.0. The summed E-state index contributed by atoms with van der Waals surface area (Å²) in [6.07, 6.45) is 0.651. The van der Waals surface area contributed by atoms with Crippen LogP contribution in [-0.4, -0.2) is 40.9 Å². The van der Waals surface area contributed by atoms with Gasteiger partial charge in [0.2, 0.25) is 9.84 Å². The van der Waals surface area contributed by atoms with Crippen LogP contribution in [0.5, 0.6) is 0 Å². The fourth-order valence-electron chi connectivity index (χ4n) is 2.91. The zero-order valence-electron chi connectivity index (χ0n) is 13.5. The van der Waals surface area contributed by atoms with Crippen LogP contribution in [0.15, 0.2) is 52.3 Å². The third-order valence-electron chi connectivity index (χ3n) is 4.24. The van der Waals surface area contributed by atoms with Gasteiger partial charge in [0, 0.05) is 31.9 Å². The zero-order valence-corrected chi connectivity index (χ0v) is 14.3. The zero-order chi connectivity index (χ0) is 17.2. The fourth-order valence-corrected chi connectivity index (χ4v) is 4.36. The monoisotopic (exact) mass is 344 g/mol. The molecule has 0 spiro atoms. The molecule has 126 valence electrons. The Labute approximate surface area is 142 Å². The van der Waals surface area contributed by atoms with Crippen molar-refractivity contribution in [1.29, 1.82) is 0 Å². The second-order valence-corrected chi connectivity index (χ2v) is 7.78. The predicted octanol–water partition coefficient (Wildman–Crippen LogP) is 2.05. The minimum atomic E-state index is -3.73. The first-order valence-corrected chi connectivity index (χ1v) is 9.38. The van der Waals surface area contributed by atoms with Gasteiger partial charge in [-0.25, -0.2) is 8.42 Å². The Kier molecular flexibility index (Phi) is 4.69. The highest BCUT2D eigenvalue weighted by molar-refractivity contribution is 7.91. The smallest absolute Gasteiger partial charge is 0.207 e. The van der Waals surface area contributed by atoms with E-state index in [0.29, 0.717) is 12.0 Å². The Morgan fingerprint density at radius 3 is 2.33 bits per heavy atom. The SMILES string of the molecule is Cc1ccc(S(=O)(=O)c2cccc(N3CCNCC3)c2C=O)cc1. The molecule has 6 heteroatoms. The second-order valence-electron chi connectivity index (χ2n) is 5.86. The number of anilines is 1. The molecule has 0 aromatic heterocycles. The van der Waals surface area contributed by atoms with Crippen LogP contribution in [0, 0.1) is 6.92 Å².